The molecule has 1 aliphatic heterocycles. The van der Waals surface area contributed by atoms with Gasteiger partial charge in [-0.05, 0) is 25.3 Å². The maximum Gasteiger partial charge on any atom is 0.256 e. The van der Waals surface area contributed by atoms with Crippen LogP contribution < -0.4 is 5.56 Å². The Balaban J connectivity index is 2.10. The number of nitrogens with zero attached hydrogens (tertiary/aromatic N) is 1. The number of aliphatic hydroxyl groups is 1. The third-order valence-electron chi connectivity index (χ3n) is 4.83. The Morgan fingerprint density at radius 3 is 2.77 bits per heavy atom. The molecule has 0 bridgehead atoms. The molecule has 0 spiro atoms. The number of nitrogens with one attached hydrogen (secondary N) is 1. The van der Waals surface area contributed by atoms with Crippen LogP contribution in [0, 0.1) is 0 Å². The smallest absolute Gasteiger partial charge is 0.256 e. The van der Waals surface area contributed by atoms with E-state index in [0.29, 0.717) is 22.9 Å². The van der Waals surface area contributed by atoms with E-state index in [4.69, 9.17) is 0 Å². The van der Waals surface area contributed by atoms with Gasteiger partial charge >= 0.3 is 0 Å². The molecule has 1 fully saturated rings. The number of carbonyl (C=O) groups excluding carboxylic acids is 1. The maximum atomic E-state index is 13.0. The summed E-state index contributed by atoms with van der Waals surface area (Å²) in [4.78, 5) is 29.3. The molecule has 5 nitrogen and oxygen atoms in total. The Kier molecular flexibility index (Phi) is 3.74. The van der Waals surface area contributed by atoms with Gasteiger partial charge in [-0.1, -0.05) is 25.1 Å². The van der Waals surface area contributed by atoms with E-state index in [1.807, 2.05) is 13.0 Å². The fourth-order valence-corrected chi connectivity index (χ4v) is 3.43. The van der Waals surface area contributed by atoms with E-state index in [1.54, 1.807) is 23.1 Å². The molecule has 0 saturated carbocycles. The Hall–Kier alpha value is -2.14. The van der Waals surface area contributed by atoms with Gasteiger partial charge < -0.3 is 15.0 Å². The second kappa shape index (κ2) is 5.57. The third-order valence-corrected chi connectivity index (χ3v) is 4.83. The Labute approximate surface area is 128 Å². The molecule has 22 heavy (non-hydrogen) atoms. The van der Waals surface area contributed by atoms with Crippen molar-refractivity contribution in [1.29, 1.82) is 0 Å². The minimum atomic E-state index is -0.478. The number of fused-ring (bicyclic) bond motifs is 1. The van der Waals surface area contributed by atoms with Crippen LogP contribution in [0.15, 0.2) is 35.3 Å². The average Bonchev–Trinajstić information content (AvgIpc) is 2.99. The highest BCUT2D eigenvalue weighted by Crippen LogP contribution is 2.34. The van der Waals surface area contributed by atoms with Crippen molar-refractivity contribution >= 4 is 16.7 Å². The maximum absolute atomic E-state index is 13.0. The summed E-state index contributed by atoms with van der Waals surface area (Å²) in [5.74, 6) is -0.124. The topological polar surface area (TPSA) is 73.4 Å². The second-order valence-electron chi connectivity index (χ2n) is 5.87. The zero-order chi connectivity index (χ0) is 15.7. The van der Waals surface area contributed by atoms with E-state index in [9.17, 15) is 14.7 Å². The fourth-order valence-electron chi connectivity index (χ4n) is 3.43. The zero-order valence-electron chi connectivity index (χ0n) is 12.6. The molecule has 0 unspecified atom stereocenters. The highest BCUT2D eigenvalue weighted by Gasteiger charge is 2.42. The van der Waals surface area contributed by atoms with Crippen LogP contribution in [0.1, 0.15) is 36.5 Å². The zero-order valence-corrected chi connectivity index (χ0v) is 12.6. The molecule has 2 N–H and O–H groups in total. The third kappa shape index (κ3) is 2.13. The summed E-state index contributed by atoms with van der Waals surface area (Å²) in [5.41, 5.74) is -0.185. The molecular formula is C17H20N2O3. The summed E-state index contributed by atoms with van der Waals surface area (Å²) in [5, 5.41) is 11.0. The van der Waals surface area contributed by atoms with Gasteiger partial charge in [-0.3, -0.25) is 9.59 Å². The van der Waals surface area contributed by atoms with Crippen LogP contribution in [0.3, 0.4) is 0 Å². The molecule has 3 rings (SSSR count). The fraction of sp³-hybridized carbons (Fsp3) is 0.412. The van der Waals surface area contributed by atoms with Gasteiger partial charge in [-0.25, -0.2) is 0 Å². The summed E-state index contributed by atoms with van der Waals surface area (Å²) in [6.07, 6.45) is 3.91. The molecule has 1 atom stereocenters. The molecule has 5 heteroatoms. The van der Waals surface area contributed by atoms with Gasteiger partial charge in [0, 0.05) is 23.5 Å². The van der Waals surface area contributed by atoms with Crippen molar-refractivity contribution in [1.82, 2.24) is 9.88 Å². The lowest BCUT2D eigenvalue weighted by atomic mass is 9.93. The van der Waals surface area contributed by atoms with Crippen LogP contribution >= 0.6 is 0 Å². The first kappa shape index (κ1) is 14.8. The lowest BCUT2D eigenvalue weighted by molar-refractivity contribution is 0.0399. The van der Waals surface area contributed by atoms with Crippen molar-refractivity contribution in [3.05, 3.63) is 46.4 Å². The van der Waals surface area contributed by atoms with E-state index < -0.39 is 5.54 Å². The van der Waals surface area contributed by atoms with Crippen molar-refractivity contribution in [2.24, 2.45) is 0 Å². The number of benzene rings is 1. The van der Waals surface area contributed by atoms with Crippen molar-refractivity contribution in [3.63, 3.8) is 0 Å². The standard InChI is InChI=1S/C17H20N2O3/c1-2-17(11-20)8-5-9-19(17)16(22)14-10-18-15(21)13-7-4-3-6-12(13)14/h3-4,6-7,10,20H,2,5,8-9,11H2,1H3,(H,18,21)/t17-/m0/s1. The quantitative estimate of drug-likeness (QED) is 0.909. The SMILES string of the molecule is CC[C@@]1(CO)CCCN1C(=O)c1c[nH]c(=O)c2ccccc12. The van der Waals surface area contributed by atoms with Gasteiger partial charge in [-0.2, -0.15) is 0 Å². The molecule has 1 amide bonds. The number of aliphatic hydroxyl groups excluding tert-OH is 1. The lowest BCUT2D eigenvalue weighted by Crippen LogP contribution is -2.49. The first-order valence-corrected chi connectivity index (χ1v) is 7.66. The van der Waals surface area contributed by atoms with Crippen LogP contribution in [0.2, 0.25) is 0 Å². The largest absolute Gasteiger partial charge is 0.394 e. The van der Waals surface area contributed by atoms with Gasteiger partial charge in [-0.15, -0.1) is 0 Å². The minimum absolute atomic E-state index is 0.0312. The van der Waals surface area contributed by atoms with E-state index in [0.717, 1.165) is 19.3 Å². The summed E-state index contributed by atoms with van der Waals surface area (Å²) < 4.78 is 0. The van der Waals surface area contributed by atoms with Crippen molar-refractivity contribution < 1.29 is 9.90 Å². The van der Waals surface area contributed by atoms with Crippen molar-refractivity contribution in [2.45, 2.75) is 31.7 Å². The van der Waals surface area contributed by atoms with Crippen LogP contribution in [0.5, 0.6) is 0 Å². The molecule has 2 aromatic rings. The second-order valence-corrected chi connectivity index (χ2v) is 5.87. The van der Waals surface area contributed by atoms with Gasteiger partial charge in [0.25, 0.3) is 11.5 Å². The van der Waals surface area contributed by atoms with Gasteiger partial charge in [0.1, 0.15) is 0 Å². The number of aromatic nitrogens is 1. The average molecular weight is 300 g/mol. The summed E-state index contributed by atoms with van der Waals surface area (Å²) in [6, 6.07) is 7.11. The number of aromatic amines is 1. The highest BCUT2D eigenvalue weighted by molar-refractivity contribution is 6.06. The van der Waals surface area contributed by atoms with Crippen LogP contribution in [0.25, 0.3) is 10.8 Å². The minimum Gasteiger partial charge on any atom is -0.394 e. The Morgan fingerprint density at radius 2 is 2.09 bits per heavy atom. The van der Waals surface area contributed by atoms with Crippen LogP contribution in [-0.4, -0.2) is 39.6 Å². The molecule has 1 aromatic carbocycles. The first-order chi connectivity index (χ1) is 10.6. The van der Waals surface area contributed by atoms with Crippen LogP contribution in [-0.2, 0) is 0 Å². The number of likely N-dealkylation sites (tertiary alicyclic amines) is 1. The number of hydrogen-bond acceptors (Lipinski definition) is 3. The van der Waals surface area contributed by atoms with E-state index in [-0.39, 0.29) is 18.1 Å². The molecule has 1 aromatic heterocycles. The number of hydrogen-bond donors (Lipinski definition) is 2. The summed E-state index contributed by atoms with van der Waals surface area (Å²) in [7, 11) is 0. The molecule has 1 saturated heterocycles. The first-order valence-electron chi connectivity index (χ1n) is 7.66. The molecule has 0 radical (unpaired) electrons. The van der Waals surface area contributed by atoms with Gasteiger partial charge in [0.15, 0.2) is 0 Å². The number of amides is 1. The van der Waals surface area contributed by atoms with Crippen LogP contribution in [0.4, 0.5) is 0 Å². The predicted octanol–water partition coefficient (Wildman–Crippen LogP) is 1.91. The number of rotatable bonds is 3. The monoisotopic (exact) mass is 300 g/mol. The summed E-state index contributed by atoms with van der Waals surface area (Å²) in [6.45, 7) is 2.60. The molecular weight excluding hydrogens is 280 g/mol. The Bertz CT molecular complexity index is 762. The molecule has 1 aliphatic rings. The van der Waals surface area contributed by atoms with Crippen molar-refractivity contribution in [2.75, 3.05) is 13.2 Å². The molecule has 116 valence electrons. The molecule has 2 heterocycles. The highest BCUT2D eigenvalue weighted by atomic mass is 16.3. The number of carbonyl (C=O) groups is 1. The number of H-pyrrole nitrogens is 1. The predicted molar refractivity (Wildman–Crippen MR) is 84.9 cm³/mol. The van der Waals surface area contributed by atoms with E-state index in [1.165, 1.54) is 6.20 Å². The van der Waals surface area contributed by atoms with Gasteiger partial charge in [0.05, 0.1) is 17.7 Å². The number of pyridine rings is 1. The normalized spacial score (nSPS) is 21.5. The van der Waals surface area contributed by atoms with E-state index >= 15 is 0 Å². The lowest BCUT2D eigenvalue weighted by Gasteiger charge is -2.36. The van der Waals surface area contributed by atoms with E-state index in [2.05, 4.69) is 4.98 Å². The summed E-state index contributed by atoms with van der Waals surface area (Å²) >= 11 is 0. The van der Waals surface area contributed by atoms with Gasteiger partial charge in [0.2, 0.25) is 0 Å². The molecule has 0 aliphatic carbocycles. The Morgan fingerprint density at radius 1 is 1.36 bits per heavy atom. The van der Waals surface area contributed by atoms with Crippen molar-refractivity contribution in [3.8, 4) is 0 Å².